The highest BCUT2D eigenvalue weighted by molar-refractivity contribution is 9.10. The Hall–Kier alpha value is -2.50. The molecule has 3 aromatic carbocycles. The van der Waals surface area contributed by atoms with Gasteiger partial charge in [0.15, 0.2) is 0 Å². The van der Waals surface area contributed by atoms with Crippen LogP contribution in [-0.4, -0.2) is 14.1 Å². The molecule has 0 heterocycles. The molecule has 0 aliphatic rings. The number of benzene rings is 3. The molecule has 3 nitrogen and oxygen atoms in total. The number of nitrogens with zero attached hydrogens (tertiary/aromatic N) is 1. The van der Waals surface area contributed by atoms with E-state index in [0.717, 1.165) is 21.2 Å². The highest BCUT2D eigenvalue weighted by atomic mass is 79.9. The van der Waals surface area contributed by atoms with Gasteiger partial charge < -0.3 is 0 Å². The SMILES string of the molecule is Cc1ccc(/C=C/C(=N\S(=O)(=O)c2ccc(C)cc2)c2ccc(Br)cc2)cc1. The lowest BCUT2D eigenvalue weighted by atomic mass is 10.1. The van der Waals surface area contributed by atoms with Gasteiger partial charge in [-0.05, 0) is 49.8 Å². The van der Waals surface area contributed by atoms with Crippen LogP contribution >= 0.6 is 15.9 Å². The minimum absolute atomic E-state index is 0.177. The second kappa shape index (κ2) is 8.67. The van der Waals surface area contributed by atoms with Crippen molar-refractivity contribution in [3.63, 3.8) is 0 Å². The number of hydrogen-bond donors (Lipinski definition) is 0. The first kappa shape index (κ1) is 20.2. The summed E-state index contributed by atoms with van der Waals surface area (Å²) in [6.45, 7) is 3.94. The Morgan fingerprint density at radius 2 is 1.36 bits per heavy atom. The Balaban J connectivity index is 2.04. The molecule has 0 saturated heterocycles. The lowest BCUT2D eigenvalue weighted by Gasteiger charge is -2.05. The molecule has 0 aliphatic carbocycles. The van der Waals surface area contributed by atoms with Gasteiger partial charge in [-0.2, -0.15) is 12.8 Å². The summed E-state index contributed by atoms with van der Waals surface area (Å²) in [7, 11) is -3.82. The average molecular weight is 454 g/mol. The van der Waals surface area contributed by atoms with Crippen LogP contribution in [0.3, 0.4) is 0 Å². The summed E-state index contributed by atoms with van der Waals surface area (Å²) < 4.78 is 30.7. The monoisotopic (exact) mass is 453 g/mol. The predicted octanol–water partition coefficient (Wildman–Crippen LogP) is 5.96. The van der Waals surface area contributed by atoms with Crippen LogP contribution in [0.1, 0.15) is 22.3 Å². The fourth-order valence-corrected chi connectivity index (χ4v) is 3.82. The molecule has 0 unspecified atom stereocenters. The Kier molecular flexibility index (Phi) is 6.27. The van der Waals surface area contributed by atoms with Crippen LogP contribution in [0.5, 0.6) is 0 Å². The normalized spacial score (nSPS) is 12.5. The maximum absolute atomic E-state index is 12.8. The van der Waals surface area contributed by atoms with E-state index >= 15 is 0 Å². The Bertz CT molecular complexity index is 1110. The van der Waals surface area contributed by atoms with Crippen LogP contribution in [0.2, 0.25) is 0 Å². The van der Waals surface area contributed by atoms with E-state index in [0.29, 0.717) is 5.71 Å². The highest BCUT2D eigenvalue weighted by Crippen LogP contribution is 2.18. The zero-order chi connectivity index (χ0) is 20.1. The van der Waals surface area contributed by atoms with Crippen LogP contribution in [0.25, 0.3) is 6.08 Å². The summed E-state index contributed by atoms with van der Waals surface area (Å²) in [5, 5.41) is 0. The van der Waals surface area contributed by atoms with Crippen molar-refractivity contribution in [2.24, 2.45) is 4.40 Å². The van der Waals surface area contributed by atoms with Crippen molar-refractivity contribution in [2.45, 2.75) is 18.7 Å². The van der Waals surface area contributed by atoms with Gasteiger partial charge in [0.25, 0.3) is 10.0 Å². The van der Waals surface area contributed by atoms with Crippen molar-refractivity contribution in [1.29, 1.82) is 0 Å². The highest BCUT2D eigenvalue weighted by Gasteiger charge is 2.14. The first-order chi connectivity index (χ1) is 13.3. The molecule has 142 valence electrons. The van der Waals surface area contributed by atoms with Crippen LogP contribution in [0.15, 0.2) is 92.6 Å². The Morgan fingerprint density at radius 3 is 1.93 bits per heavy atom. The van der Waals surface area contributed by atoms with Crippen molar-refractivity contribution in [3.8, 4) is 0 Å². The fourth-order valence-electron chi connectivity index (χ4n) is 2.55. The largest absolute Gasteiger partial charge is 0.282 e. The number of halogens is 1. The number of sulfonamides is 1. The summed E-state index contributed by atoms with van der Waals surface area (Å²) in [4.78, 5) is 0.177. The first-order valence-electron chi connectivity index (χ1n) is 8.76. The van der Waals surface area contributed by atoms with Crippen molar-refractivity contribution in [2.75, 3.05) is 0 Å². The molecule has 0 aliphatic heterocycles. The standard InChI is InChI=1S/C23H20BrNO2S/c1-17-3-7-19(8-4-17)9-16-23(20-10-12-21(24)13-11-20)25-28(26,27)22-14-5-18(2)6-15-22/h3-16H,1-2H3/b16-9+,25-23+. The fraction of sp³-hybridized carbons (Fsp3) is 0.0870. The van der Waals surface area contributed by atoms with Crippen molar-refractivity contribution < 1.29 is 8.42 Å². The number of allylic oxidation sites excluding steroid dienone is 1. The Morgan fingerprint density at radius 1 is 0.821 bits per heavy atom. The predicted molar refractivity (Wildman–Crippen MR) is 119 cm³/mol. The van der Waals surface area contributed by atoms with Gasteiger partial charge in [0.1, 0.15) is 0 Å². The van der Waals surface area contributed by atoms with E-state index in [-0.39, 0.29) is 4.90 Å². The van der Waals surface area contributed by atoms with Gasteiger partial charge in [-0.25, -0.2) is 0 Å². The van der Waals surface area contributed by atoms with Gasteiger partial charge in [0.05, 0.1) is 10.6 Å². The van der Waals surface area contributed by atoms with E-state index in [2.05, 4.69) is 20.3 Å². The topological polar surface area (TPSA) is 46.5 Å². The smallest absolute Gasteiger partial charge is 0.199 e. The van der Waals surface area contributed by atoms with Crippen molar-refractivity contribution in [3.05, 3.63) is 106 Å². The molecule has 0 radical (unpaired) electrons. The lowest BCUT2D eigenvalue weighted by Crippen LogP contribution is -2.04. The van der Waals surface area contributed by atoms with Gasteiger partial charge >= 0.3 is 0 Å². The molecule has 0 atom stereocenters. The molecule has 3 aromatic rings. The van der Waals surface area contributed by atoms with E-state index in [1.165, 1.54) is 5.56 Å². The molecular formula is C23H20BrNO2S. The molecule has 0 saturated carbocycles. The number of rotatable bonds is 5. The second-order valence-electron chi connectivity index (χ2n) is 6.52. The van der Waals surface area contributed by atoms with E-state index in [9.17, 15) is 8.42 Å². The molecule has 0 spiro atoms. The maximum Gasteiger partial charge on any atom is 0.282 e. The average Bonchev–Trinajstić information content (AvgIpc) is 2.67. The quantitative estimate of drug-likeness (QED) is 0.447. The zero-order valence-corrected chi connectivity index (χ0v) is 18.0. The van der Waals surface area contributed by atoms with Crippen LogP contribution in [0, 0.1) is 13.8 Å². The van der Waals surface area contributed by atoms with E-state index in [4.69, 9.17) is 0 Å². The summed E-state index contributed by atoms with van der Waals surface area (Å²) in [6.07, 6.45) is 3.60. The van der Waals surface area contributed by atoms with Gasteiger partial charge in [0.2, 0.25) is 0 Å². The Labute approximate surface area is 174 Å². The molecule has 0 N–H and O–H groups in total. The van der Waals surface area contributed by atoms with Crippen molar-refractivity contribution >= 4 is 37.7 Å². The van der Waals surface area contributed by atoms with E-state index in [1.807, 2.05) is 68.5 Å². The van der Waals surface area contributed by atoms with Crippen LogP contribution in [-0.2, 0) is 10.0 Å². The zero-order valence-electron chi connectivity index (χ0n) is 15.6. The van der Waals surface area contributed by atoms with Crippen molar-refractivity contribution in [1.82, 2.24) is 0 Å². The van der Waals surface area contributed by atoms with Gasteiger partial charge in [0, 0.05) is 10.0 Å². The van der Waals surface area contributed by atoms with Crippen LogP contribution < -0.4 is 0 Å². The minimum atomic E-state index is -3.82. The number of hydrogen-bond acceptors (Lipinski definition) is 2. The third-order valence-electron chi connectivity index (χ3n) is 4.19. The molecule has 0 fully saturated rings. The maximum atomic E-state index is 12.8. The minimum Gasteiger partial charge on any atom is -0.199 e. The van der Waals surface area contributed by atoms with Crippen LogP contribution in [0.4, 0.5) is 0 Å². The third kappa shape index (κ3) is 5.27. The molecule has 0 amide bonds. The second-order valence-corrected chi connectivity index (χ2v) is 9.04. The molecule has 5 heteroatoms. The third-order valence-corrected chi connectivity index (χ3v) is 6.02. The molecule has 0 bridgehead atoms. The summed E-state index contributed by atoms with van der Waals surface area (Å²) in [6, 6.07) is 22.1. The van der Waals surface area contributed by atoms with E-state index in [1.54, 1.807) is 30.3 Å². The van der Waals surface area contributed by atoms with Gasteiger partial charge in [-0.15, -0.1) is 0 Å². The summed E-state index contributed by atoms with van der Waals surface area (Å²) in [5.74, 6) is 0. The molecule has 3 rings (SSSR count). The number of aryl methyl sites for hydroxylation is 2. The van der Waals surface area contributed by atoms with Gasteiger partial charge in [-0.3, -0.25) is 0 Å². The molecule has 28 heavy (non-hydrogen) atoms. The summed E-state index contributed by atoms with van der Waals surface area (Å²) in [5.41, 5.74) is 4.25. The molecular weight excluding hydrogens is 434 g/mol. The first-order valence-corrected chi connectivity index (χ1v) is 11.0. The van der Waals surface area contributed by atoms with Gasteiger partial charge in [-0.1, -0.05) is 81.7 Å². The summed E-state index contributed by atoms with van der Waals surface area (Å²) >= 11 is 3.41. The lowest BCUT2D eigenvalue weighted by molar-refractivity contribution is 0.598. The molecule has 0 aromatic heterocycles. The van der Waals surface area contributed by atoms with E-state index < -0.39 is 10.0 Å².